The van der Waals surface area contributed by atoms with Gasteiger partial charge in [0.05, 0.1) is 17.7 Å². The Morgan fingerprint density at radius 1 is 1.38 bits per heavy atom. The van der Waals surface area contributed by atoms with Crippen LogP contribution in [0, 0.1) is 5.41 Å². The molecule has 2 aromatic rings. The number of hydrogen-bond acceptors (Lipinski definition) is 3. The van der Waals surface area contributed by atoms with E-state index in [9.17, 15) is 9.90 Å². The Balaban J connectivity index is 1.70. The number of aliphatic carboxylic acids is 1. The number of fused-ring (bicyclic) bond motifs is 3. The molecular weight excluding hydrogens is 266 g/mol. The number of ether oxygens (including phenoxy) is 1. The van der Waals surface area contributed by atoms with Crippen molar-refractivity contribution in [3.05, 3.63) is 42.1 Å². The summed E-state index contributed by atoms with van der Waals surface area (Å²) in [6.07, 6.45) is 4.81. The maximum atomic E-state index is 11.9. The van der Waals surface area contributed by atoms with Crippen LogP contribution in [0.5, 0.6) is 0 Å². The third-order valence-electron chi connectivity index (χ3n) is 4.93. The van der Waals surface area contributed by atoms with Gasteiger partial charge in [0.1, 0.15) is 5.41 Å². The van der Waals surface area contributed by atoms with Crippen LogP contribution < -0.4 is 0 Å². The lowest BCUT2D eigenvalue weighted by atomic mass is 9.70. The first-order chi connectivity index (χ1) is 10.2. The molecule has 3 unspecified atom stereocenters. The zero-order valence-electron chi connectivity index (χ0n) is 11.7. The van der Waals surface area contributed by atoms with Crippen molar-refractivity contribution >= 4 is 16.9 Å². The summed E-state index contributed by atoms with van der Waals surface area (Å²) in [4.78, 5) is 16.2. The number of carboxylic acid groups (broad SMARTS) is 1. The van der Waals surface area contributed by atoms with Crippen LogP contribution in [0.4, 0.5) is 0 Å². The van der Waals surface area contributed by atoms with Gasteiger partial charge in [0, 0.05) is 11.6 Å². The molecule has 21 heavy (non-hydrogen) atoms. The van der Waals surface area contributed by atoms with Crippen LogP contribution in [0.1, 0.15) is 24.8 Å². The number of pyridine rings is 1. The third kappa shape index (κ3) is 1.94. The first-order valence-corrected chi connectivity index (χ1v) is 7.40. The lowest BCUT2D eigenvalue weighted by Crippen LogP contribution is -2.42. The van der Waals surface area contributed by atoms with Gasteiger partial charge >= 0.3 is 5.97 Å². The maximum absolute atomic E-state index is 11.9. The van der Waals surface area contributed by atoms with E-state index in [-0.39, 0.29) is 12.2 Å². The second kappa shape index (κ2) is 4.53. The molecule has 2 bridgehead atoms. The average molecular weight is 283 g/mol. The van der Waals surface area contributed by atoms with Crippen LogP contribution in [0.15, 0.2) is 36.5 Å². The summed E-state index contributed by atoms with van der Waals surface area (Å²) in [5.74, 6) is -0.721. The van der Waals surface area contributed by atoms with Gasteiger partial charge in [-0.1, -0.05) is 12.1 Å². The smallest absolute Gasteiger partial charge is 0.312 e. The van der Waals surface area contributed by atoms with Gasteiger partial charge in [-0.15, -0.1) is 0 Å². The second-order valence-electron chi connectivity index (χ2n) is 6.20. The summed E-state index contributed by atoms with van der Waals surface area (Å²) in [5.41, 5.74) is 1.24. The summed E-state index contributed by atoms with van der Waals surface area (Å²) in [7, 11) is 0. The summed E-state index contributed by atoms with van der Waals surface area (Å²) >= 11 is 0. The largest absolute Gasteiger partial charge is 0.481 e. The minimum Gasteiger partial charge on any atom is -0.481 e. The summed E-state index contributed by atoms with van der Waals surface area (Å²) < 4.78 is 5.82. The number of carboxylic acids is 1. The molecule has 0 aliphatic carbocycles. The predicted molar refractivity (Wildman–Crippen MR) is 78.0 cm³/mol. The van der Waals surface area contributed by atoms with Gasteiger partial charge in [-0.2, -0.15) is 0 Å². The Bertz CT molecular complexity index is 714. The lowest BCUT2D eigenvalue weighted by Gasteiger charge is -2.31. The van der Waals surface area contributed by atoms with Crippen LogP contribution in [0.2, 0.25) is 0 Å². The van der Waals surface area contributed by atoms with Gasteiger partial charge in [0.2, 0.25) is 0 Å². The summed E-state index contributed by atoms with van der Waals surface area (Å²) in [6, 6.07) is 9.93. The minimum absolute atomic E-state index is 0.133. The molecule has 3 heterocycles. The van der Waals surface area contributed by atoms with Gasteiger partial charge in [0.25, 0.3) is 0 Å². The molecule has 1 N–H and O–H groups in total. The Kier molecular flexibility index (Phi) is 2.76. The lowest BCUT2D eigenvalue weighted by molar-refractivity contribution is -0.152. The molecule has 0 spiro atoms. The number of aromatic nitrogens is 1. The second-order valence-corrected chi connectivity index (χ2v) is 6.20. The molecule has 1 aromatic carbocycles. The zero-order valence-corrected chi connectivity index (χ0v) is 11.7. The number of benzene rings is 1. The zero-order chi connectivity index (χ0) is 14.4. The Labute approximate surface area is 122 Å². The van der Waals surface area contributed by atoms with Gasteiger partial charge in [-0.3, -0.25) is 9.78 Å². The van der Waals surface area contributed by atoms with E-state index in [0.717, 1.165) is 29.3 Å². The molecule has 2 saturated heterocycles. The fourth-order valence-corrected chi connectivity index (χ4v) is 3.89. The fraction of sp³-hybridized carbons (Fsp3) is 0.412. The normalized spacial score (nSPS) is 30.9. The molecule has 3 atom stereocenters. The van der Waals surface area contributed by atoms with E-state index in [1.54, 1.807) is 6.20 Å². The van der Waals surface area contributed by atoms with Crippen molar-refractivity contribution in [1.29, 1.82) is 0 Å². The van der Waals surface area contributed by atoms with Gasteiger partial charge < -0.3 is 9.84 Å². The third-order valence-corrected chi connectivity index (χ3v) is 4.93. The number of hydrogen-bond donors (Lipinski definition) is 1. The molecule has 0 saturated carbocycles. The van der Waals surface area contributed by atoms with Gasteiger partial charge in [0.15, 0.2) is 0 Å². The van der Waals surface area contributed by atoms with Crippen molar-refractivity contribution in [2.45, 2.75) is 37.9 Å². The highest BCUT2D eigenvalue weighted by Crippen LogP contribution is 2.49. The molecular formula is C17H17NO3. The molecule has 1 aromatic heterocycles. The van der Waals surface area contributed by atoms with E-state index in [0.29, 0.717) is 12.8 Å². The monoisotopic (exact) mass is 283 g/mol. The van der Waals surface area contributed by atoms with Crippen molar-refractivity contribution in [2.75, 3.05) is 0 Å². The first-order valence-electron chi connectivity index (χ1n) is 7.40. The van der Waals surface area contributed by atoms with Gasteiger partial charge in [-0.25, -0.2) is 0 Å². The van der Waals surface area contributed by atoms with Crippen molar-refractivity contribution in [3.8, 4) is 0 Å². The molecule has 4 rings (SSSR count). The van der Waals surface area contributed by atoms with Crippen LogP contribution in [-0.4, -0.2) is 28.3 Å². The molecule has 108 valence electrons. The molecule has 2 aliphatic heterocycles. The summed E-state index contributed by atoms with van der Waals surface area (Å²) in [5, 5.41) is 10.8. The SMILES string of the molecule is O=C(O)C1(Cc2ccc3ncccc3c2)CC2CCC1O2. The predicted octanol–water partition coefficient (Wildman–Crippen LogP) is 2.80. The highest BCUT2D eigenvalue weighted by Gasteiger charge is 2.57. The quantitative estimate of drug-likeness (QED) is 0.941. The number of nitrogens with zero attached hydrogens (tertiary/aromatic N) is 1. The van der Waals surface area contributed by atoms with Gasteiger partial charge in [-0.05, 0) is 49.4 Å². The fourth-order valence-electron chi connectivity index (χ4n) is 3.89. The van der Waals surface area contributed by atoms with E-state index < -0.39 is 11.4 Å². The molecule has 4 nitrogen and oxygen atoms in total. The molecule has 2 fully saturated rings. The van der Waals surface area contributed by atoms with E-state index in [1.165, 1.54) is 0 Å². The van der Waals surface area contributed by atoms with Crippen molar-refractivity contribution < 1.29 is 14.6 Å². The number of carbonyl (C=O) groups is 1. The minimum atomic E-state index is -0.751. The van der Waals surface area contributed by atoms with E-state index >= 15 is 0 Å². The maximum Gasteiger partial charge on any atom is 0.312 e. The standard InChI is InChI=1S/C17H17NO3/c19-16(20)17(10-13-4-6-15(17)21-13)9-11-3-5-14-12(8-11)2-1-7-18-14/h1-3,5,7-8,13,15H,4,6,9-10H2,(H,19,20). The topological polar surface area (TPSA) is 59.4 Å². The number of rotatable bonds is 3. The van der Waals surface area contributed by atoms with Crippen molar-refractivity contribution in [2.24, 2.45) is 5.41 Å². The van der Waals surface area contributed by atoms with Crippen molar-refractivity contribution in [3.63, 3.8) is 0 Å². The van der Waals surface area contributed by atoms with Crippen LogP contribution >= 0.6 is 0 Å². The van der Waals surface area contributed by atoms with Crippen molar-refractivity contribution in [1.82, 2.24) is 4.98 Å². The highest BCUT2D eigenvalue weighted by molar-refractivity contribution is 5.80. The first kappa shape index (κ1) is 12.8. The van der Waals surface area contributed by atoms with Crippen LogP contribution in [-0.2, 0) is 16.0 Å². The average Bonchev–Trinajstić information content (AvgIpc) is 3.08. The Hall–Kier alpha value is -1.94. The molecule has 0 radical (unpaired) electrons. The van der Waals surface area contributed by atoms with E-state index in [2.05, 4.69) is 11.1 Å². The van der Waals surface area contributed by atoms with E-state index in [1.807, 2.05) is 24.3 Å². The Morgan fingerprint density at radius 3 is 3.00 bits per heavy atom. The van der Waals surface area contributed by atoms with E-state index in [4.69, 9.17) is 4.74 Å². The molecule has 2 aliphatic rings. The molecule has 0 amide bonds. The van der Waals surface area contributed by atoms with Crippen LogP contribution in [0.3, 0.4) is 0 Å². The highest BCUT2D eigenvalue weighted by atomic mass is 16.5. The molecule has 4 heteroatoms. The summed E-state index contributed by atoms with van der Waals surface area (Å²) in [6.45, 7) is 0. The van der Waals surface area contributed by atoms with Crippen LogP contribution in [0.25, 0.3) is 10.9 Å². The Morgan fingerprint density at radius 2 is 2.29 bits per heavy atom.